The summed E-state index contributed by atoms with van der Waals surface area (Å²) in [7, 11) is 0. The molecule has 0 saturated heterocycles. The van der Waals surface area contributed by atoms with E-state index in [0.717, 1.165) is 34.1 Å². The number of carbonyl (C=O) groups excluding carboxylic acids is 2. The number of unbranched alkanes of at least 4 members (excludes halogenated alkanes) is 1. The summed E-state index contributed by atoms with van der Waals surface area (Å²) >= 11 is 0. The van der Waals surface area contributed by atoms with E-state index < -0.39 is 23.2 Å². The number of imide groups is 1. The molecule has 0 spiro atoms. The van der Waals surface area contributed by atoms with Crippen LogP contribution in [0.4, 0.5) is 5.69 Å². The van der Waals surface area contributed by atoms with Gasteiger partial charge in [-0.25, -0.2) is 0 Å². The van der Waals surface area contributed by atoms with Gasteiger partial charge in [0.25, 0.3) is 11.8 Å². The van der Waals surface area contributed by atoms with Gasteiger partial charge in [-0.15, -0.1) is 0 Å². The zero-order chi connectivity index (χ0) is 27.6. The van der Waals surface area contributed by atoms with Crippen molar-refractivity contribution in [3.8, 4) is 6.07 Å². The van der Waals surface area contributed by atoms with Gasteiger partial charge in [-0.1, -0.05) is 57.5 Å². The van der Waals surface area contributed by atoms with Crippen molar-refractivity contribution >= 4 is 34.2 Å². The fourth-order valence-electron chi connectivity index (χ4n) is 5.50. The monoisotopic (exact) mass is 511 g/mol. The molecule has 0 atom stereocenters. The molecular weight excluding hydrogens is 478 g/mol. The molecular formula is C31H33N3O4. The fourth-order valence-corrected chi connectivity index (χ4v) is 5.50. The number of aliphatic carboxylic acids is 1. The van der Waals surface area contributed by atoms with Crippen LogP contribution in [0.2, 0.25) is 0 Å². The molecule has 0 radical (unpaired) electrons. The Morgan fingerprint density at radius 1 is 1.03 bits per heavy atom. The van der Waals surface area contributed by atoms with Crippen LogP contribution in [0.5, 0.6) is 0 Å². The maximum atomic E-state index is 13.4. The molecule has 2 aromatic rings. The van der Waals surface area contributed by atoms with E-state index in [-0.39, 0.29) is 18.5 Å². The number of nitriles is 1. The highest BCUT2D eigenvalue weighted by atomic mass is 16.4. The number of hydrogen-bond acceptors (Lipinski definition) is 5. The molecule has 4 rings (SSSR count). The van der Waals surface area contributed by atoms with E-state index in [1.807, 2.05) is 31.2 Å². The molecule has 2 aliphatic rings. The predicted molar refractivity (Wildman–Crippen MR) is 147 cm³/mol. The Kier molecular flexibility index (Phi) is 7.54. The Bertz CT molecular complexity index is 1460. The molecule has 1 N–H and O–H groups in total. The number of amides is 2. The molecule has 0 aromatic heterocycles. The Balaban J connectivity index is 1.86. The molecule has 2 aromatic carbocycles. The Hall–Kier alpha value is -4.18. The second kappa shape index (κ2) is 10.7. The minimum atomic E-state index is -0.843. The first-order valence-electron chi connectivity index (χ1n) is 13.0. The van der Waals surface area contributed by atoms with Gasteiger partial charge in [-0.3, -0.25) is 19.3 Å². The van der Waals surface area contributed by atoms with E-state index >= 15 is 0 Å². The van der Waals surface area contributed by atoms with Crippen molar-refractivity contribution in [2.24, 2.45) is 0 Å². The largest absolute Gasteiger partial charge is 0.481 e. The van der Waals surface area contributed by atoms with Crippen molar-refractivity contribution in [1.82, 2.24) is 4.90 Å². The molecule has 38 heavy (non-hydrogen) atoms. The summed E-state index contributed by atoms with van der Waals surface area (Å²) in [6.07, 6.45) is 5.60. The highest BCUT2D eigenvalue weighted by Gasteiger charge is 2.41. The quantitative estimate of drug-likeness (QED) is 0.365. The lowest BCUT2D eigenvalue weighted by molar-refractivity contribution is -0.140. The Morgan fingerprint density at radius 3 is 2.42 bits per heavy atom. The van der Waals surface area contributed by atoms with Gasteiger partial charge in [-0.05, 0) is 59.9 Å². The van der Waals surface area contributed by atoms with Crippen molar-refractivity contribution < 1.29 is 19.5 Å². The van der Waals surface area contributed by atoms with E-state index in [1.54, 1.807) is 13.0 Å². The summed E-state index contributed by atoms with van der Waals surface area (Å²) < 4.78 is 0. The van der Waals surface area contributed by atoms with Gasteiger partial charge in [0.2, 0.25) is 0 Å². The van der Waals surface area contributed by atoms with Crippen molar-refractivity contribution in [3.05, 3.63) is 76.5 Å². The van der Waals surface area contributed by atoms with E-state index in [9.17, 15) is 24.8 Å². The van der Waals surface area contributed by atoms with Crippen LogP contribution in [0.3, 0.4) is 0 Å². The molecule has 0 bridgehead atoms. The molecule has 0 unspecified atom stereocenters. The van der Waals surface area contributed by atoms with E-state index in [4.69, 9.17) is 0 Å². The number of hydrogen-bond donors (Lipinski definition) is 1. The summed E-state index contributed by atoms with van der Waals surface area (Å²) in [6, 6.07) is 14.3. The first kappa shape index (κ1) is 26.9. The van der Waals surface area contributed by atoms with Crippen LogP contribution in [0.25, 0.3) is 10.8 Å². The Morgan fingerprint density at radius 2 is 1.74 bits per heavy atom. The van der Waals surface area contributed by atoms with Crippen LogP contribution in [-0.4, -0.2) is 40.9 Å². The number of benzene rings is 2. The second-order valence-electron chi connectivity index (χ2n) is 10.3. The Labute approximate surface area is 223 Å². The summed E-state index contributed by atoms with van der Waals surface area (Å²) in [6.45, 7) is 8.65. The first-order chi connectivity index (χ1) is 18.1. The average Bonchev–Trinajstić information content (AvgIpc) is 3.10. The number of nitrogens with zero attached hydrogens (tertiary/aromatic N) is 3. The first-order valence-corrected chi connectivity index (χ1v) is 13.0. The van der Waals surface area contributed by atoms with Gasteiger partial charge in [0.05, 0.1) is 0 Å². The fraction of sp³-hybridized carbons (Fsp3) is 0.355. The third-order valence-electron chi connectivity index (χ3n) is 7.49. The zero-order valence-corrected chi connectivity index (χ0v) is 22.4. The SMILES string of the molecule is CCCCN1C(=O)C(C#N)=C(C)/C(=C/C=C2/N(CCCC(=O)O)c3ccc4ccccc4c3C2(C)C)C1=O. The van der Waals surface area contributed by atoms with Gasteiger partial charge in [0.1, 0.15) is 11.6 Å². The smallest absolute Gasteiger partial charge is 0.303 e. The molecule has 0 fully saturated rings. The standard InChI is InChI=1S/C31H33N3O4/c1-5-6-17-34-29(37)22(20(2)24(19-32)30(34)38)14-16-26-31(3,4)28-23-11-8-7-10-21(23)13-15-25(28)33(26)18-9-12-27(35)36/h7-8,10-11,13-16H,5-6,9,12,17-18H2,1-4H3,(H,35,36)/b22-14-,26-16+. The minimum absolute atomic E-state index is 0.0105. The normalized spacial score (nSPS) is 19.0. The van der Waals surface area contributed by atoms with Crippen molar-refractivity contribution in [3.63, 3.8) is 0 Å². The van der Waals surface area contributed by atoms with E-state index in [1.165, 1.54) is 4.90 Å². The van der Waals surface area contributed by atoms with Gasteiger partial charge in [0, 0.05) is 41.9 Å². The summed E-state index contributed by atoms with van der Waals surface area (Å²) in [5.74, 6) is -1.78. The van der Waals surface area contributed by atoms with Gasteiger partial charge < -0.3 is 10.0 Å². The third-order valence-corrected chi connectivity index (χ3v) is 7.49. The lowest BCUT2D eigenvalue weighted by Crippen LogP contribution is -2.43. The zero-order valence-electron chi connectivity index (χ0n) is 22.4. The maximum absolute atomic E-state index is 13.4. The summed E-state index contributed by atoms with van der Waals surface area (Å²) in [5.41, 5.74) is 3.34. The maximum Gasteiger partial charge on any atom is 0.303 e. The molecule has 2 heterocycles. The number of carboxylic acids is 1. The molecule has 7 heteroatoms. The highest BCUT2D eigenvalue weighted by molar-refractivity contribution is 6.18. The predicted octanol–water partition coefficient (Wildman–Crippen LogP) is 5.62. The van der Waals surface area contributed by atoms with Crippen molar-refractivity contribution in [2.45, 2.75) is 58.8 Å². The highest BCUT2D eigenvalue weighted by Crippen LogP contribution is 2.50. The lowest BCUT2D eigenvalue weighted by atomic mass is 9.81. The number of carbonyl (C=O) groups is 3. The summed E-state index contributed by atoms with van der Waals surface area (Å²) in [4.78, 5) is 40.8. The molecule has 2 aliphatic heterocycles. The molecule has 7 nitrogen and oxygen atoms in total. The van der Waals surface area contributed by atoms with Crippen LogP contribution in [0.1, 0.15) is 58.9 Å². The number of anilines is 1. The van der Waals surface area contributed by atoms with E-state index in [0.29, 0.717) is 30.5 Å². The topological polar surface area (TPSA) is 102 Å². The molecule has 2 amide bonds. The summed E-state index contributed by atoms with van der Waals surface area (Å²) in [5, 5.41) is 21.2. The second-order valence-corrected chi connectivity index (χ2v) is 10.3. The van der Waals surface area contributed by atoms with Crippen LogP contribution < -0.4 is 4.90 Å². The number of carboxylic acid groups (broad SMARTS) is 1. The van der Waals surface area contributed by atoms with Crippen LogP contribution in [-0.2, 0) is 19.8 Å². The average molecular weight is 512 g/mol. The van der Waals surface area contributed by atoms with Crippen LogP contribution in [0, 0.1) is 11.3 Å². The van der Waals surface area contributed by atoms with E-state index in [2.05, 4.69) is 43.0 Å². The molecule has 0 saturated carbocycles. The van der Waals surface area contributed by atoms with Crippen molar-refractivity contribution in [1.29, 1.82) is 5.26 Å². The molecule has 0 aliphatic carbocycles. The lowest BCUT2D eigenvalue weighted by Gasteiger charge is -2.28. The molecule has 196 valence electrons. The number of allylic oxidation sites excluding steroid dienone is 3. The number of rotatable bonds is 8. The van der Waals surface area contributed by atoms with Crippen LogP contribution >= 0.6 is 0 Å². The van der Waals surface area contributed by atoms with Gasteiger partial charge in [0.15, 0.2) is 0 Å². The minimum Gasteiger partial charge on any atom is -0.481 e. The van der Waals surface area contributed by atoms with Gasteiger partial charge >= 0.3 is 5.97 Å². The van der Waals surface area contributed by atoms with Crippen molar-refractivity contribution in [2.75, 3.05) is 18.0 Å². The van der Waals surface area contributed by atoms with Crippen LogP contribution in [0.15, 0.2) is 71.0 Å². The third kappa shape index (κ3) is 4.63. The number of fused-ring (bicyclic) bond motifs is 3. The van der Waals surface area contributed by atoms with Gasteiger partial charge in [-0.2, -0.15) is 5.26 Å².